The minimum atomic E-state index is -0.372. The molecule has 0 aliphatic carbocycles. The van der Waals surface area contributed by atoms with Crippen molar-refractivity contribution < 1.29 is 13.9 Å². The fourth-order valence-corrected chi connectivity index (χ4v) is 3.74. The third kappa shape index (κ3) is 2.79. The van der Waals surface area contributed by atoms with Gasteiger partial charge in [-0.15, -0.1) is 0 Å². The highest BCUT2D eigenvalue weighted by Crippen LogP contribution is 2.45. The van der Waals surface area contributed by atoms with Crippen molar-refractivity contribution in [3.05, 3.63) is 84.0 Å². The Bertz CT molecular complexity index is 1130. The van der Waals surface area contributed by atoms with Crippen LogP contribution >= 0.6 is 0 Å². The Kier molecular flexibility index (Phi) is 4.13. The second-order valence-corrected chi connectivity index (χ2v) is 6.63. The summed E-state index contributed by atoms with van der Waals surface area (Å²) in [4.78, 5) is 19.3. The van der Waals surface area contributed by atoms with Gasteiger partial charge in [0.05, 0.1) is 18.9 Å². The van der Waals surface area contributed by atoms with Crippen LogP contribution in [0.4, 0.5) is 5.69 Å². The van der Waals surface area contributed by atoms with Crippen molar-refractivity contribution in [3.63, 3.8) is 0 Å². The zero-order valence-corrected chi connectivity index (χ0v) is 15.7. The number of furan rings is 1. The Labute approximate surface area is 167 Å². The zero-order chi connectivity index (χ0) is 19.8. The van der Waals surface area contributed by atoms with E-state index in [1.165, 1.54) is 0 Å². The molecule has 4 heterocycles. The summed E-state index contributed by atoms with van der Waals surface area (Å²) in [7, 11) is 0. The molecule has 4 aromatic rings. The molecule has 0 fully saturated rings. The number of anilines is 1. The fourth-order valence-electron chi connectivity index (χ4n) is 3.74. The van der Waals surface area contributed by atoms with E-state index in [0.717, 1.165) is 22.6 Å². The van der Waals surface area contributed by atoms with Gasteiger partial charge in [-0.3, -0.25) is 19.8 Å². The van der Waals surface area contributed by atoms with Crippen molar-refractivity contribution in [3.8, 4) is 17.2 Å². The quantitative estimate of drug-likeness (QED) is 0.555. The van der Waals surface area contributed by atoms with E-state index in [-0.39, 0.29) is 11.9 Å². The van der Waals surface area contributed by atoms with Gasteiger partial charge < -0.3 is 9.15 Å². The van der Waals surface area contributed by atoms with Crippen molar-refractivity contribution in [2.75, 3.05) is 11.5 Å². The molecule has 29 heavy (non-hydrogen) atoms. The van der Waals surface area contributed by atoms with E-state index < -0.39 is 0 Å². The summed E-state index contributed by atoms with van der Waals surface area (Å²) in [5.41, 5.74) is 3.52. The van der Waals surface area contributed by atoms with E-state index in [0.29, 0.717) is 23.8 Å². The molecule has 144 valence electrons. The molecule has 0 saturated carbocycles. The number of hydrogen-bond acceptors (Lipinski definition) is 5. The van der Waals surface area contributed by atoms with Crippen molar-refractivity contribution in [1.82, 2.24) is 15.2 Å². The molecule has 1 N–H and O–H groups in total. The van der Waals surface area contributed by atoms with Crippen molar-refractivity contribution in [1.29, 1.82) is 0 Å². The van der Waals surface area contributed by atoms with Gasteiger partial charge in [0.25, 0.3) is 5.91 Å². The first-order chi connectivity index (χ1) is 14.3. The molecule has 1 aliphatic heterocycles. The van der Waals surface area contributed by atoms with Crippen LogP contribution < -0.4 is 9.64 Å². The topological polar surface area (TPSA) is 84.2 Å². The number of hydrogen-bond donors (Lipinski definition) is 1. The maximum atomic E-state index is 13.3. The highest BCUT2D eigenvalue weighted by Gasteiger charge is 2.43. The first-order valence-electron chi connectivity index (χ1n) is 9.36. The molecule has 0 spiro atoms. The molecule has 0 bridgehead atoms. The first kappa shape index (κ1) is 17.2. The highest BCUT2D eigenvalue weighted by atomic mass is 16.5. The third-order valence-electron chi connectivity index (χ3n) is 4.95. The molecule has 0 radical (unpaired) electrons. The Hall–Kier alpha value is -3.87. The van der Waals surface area contributed by atoms with Gasteiger partial charge in [0.15, 0.2) is 11.5 Å². The molecule has 1 atom stereocenters. The van der Waals surface area contributed by atoms with E-state index in [4.69, 9.17) is 9.15 Å². The Morgan fingerprint density at radius 1 is 1.17 bits per heavy atom. The first-order valence-corrected chi connectivity index (χ1v) is 9.36. The number of H-pyrrole nitrogens is 1. The molecule has 0 saturated heterocycles. The van der Waals surface area contributed by atoms with E-state index >= 15 is 0 Å². The molecule has 7 nitrogen and oxygen atoms in total. The number of ether oxygens (including phenoxy) is 1. The van der Waals surface area contributed by atoms with Gasteiger partial charge >= 0.3 is 0 Å². The number of carbonyl (C=O) groups excluding carboxylic acids is 1. The molecule has 3 aromatic heterocycles. The summed E-state index contributed by atoms with van der Waals surface area (Å²) in [6.45, 7) is 2.52. The minimum absolute atomic E-state index is 0.174. The predicted molar refractivity (Wildman–Crippen MR) is 107 cm³/mol. The lowest BCUT2D eigenvalue weighted by Gasteiger charge is -2.26. The number of amides is 1. The van der Waals surface area contributed by atoms with Crippen molar-refractivity contribution in [2.45, 2.75) is 13.0 Å². The number of aromatic amines is 1. The third-order valence-corrected chi connectivity index (χ3v) is 4.95. The summed E-state index contributed by atoms with van der Waals surface area (Å²) >= 11 is 0. The van der Waals surface area contributed by atoms with Gasteiger partial charge in [0, 0.05) is 23.6 Å². The Balaban J connectivity index is 1.66. The molecule has 1 aliphatic rings. The summed E-state index contributed by atoms with van der Waals surface area (Å²) in [5.74, 6) is 1.22. The molecule has 7 heteroatoms. The molecule has 5 rings (SSSR count). The standard InChI is InChI=1S/C22H18N4O3/c1-2-28-16-9-7-15(8-10-16)26-21(14-5-3-11-23-13-14)18-19(17-6-4-12-29-17)24-25-20(18)22(26)27/h3-13,21H,2H2,1H3,(H,24,25)/t21-/m1/s1. The molecule has 0 unspecified atom stereocenters. The van der Waals surface area contributed by atoms with E-state index in [9.17, 15) is 4.79 Å². The number of rotatable bonds is 5. The maximum Gasteiger partial charge on any atom is 0.280 e. The van der Waals surface area contributed by atoms with Gasteiger partial charge in [0.1, 0.15) is 11.4 Å². The molecule has 1 aromatic carbocycles. The van der Waals surface area contributed by atoms with Gasteiger partial charge in [-0.1, -0.05) is 6.07 Å². The van der Waals surface area contributed by atoms with E-state index in [2.05, 4.69) is 15.2 Å². The zero-order valence-electron chi connectivity index (χ0n) is 15.7. The number of fused-ring (bicyclic) bond motifs is 1. The number of carbonyl (C=O) groups is 1. The smallest absolute Gasteiger partial charge is 0.280 e. The average molecular weight is 386 g/mol. The lowest BCUT2D eigenvalue weighted by atomic mass is 9.99. The van der Waals surface area contributed by atoms with Crippen LogP contribution in [0.2, 0.25) is 0 Å². The van der Waals surface area contributed by atoms with Gasteiger partial charge in [0.2, 0.25) is 0 Å². The van der Waals surface area contributed by atoms with Gasteiger partial charge in [-0.25, -0.2) is 0 Å². The summed E-state index contributed by atoms with van der Waals surface area (Å²) in [6.07, 6.45) is 5.08. The molecule has 1 amide bonds. The van der Waals surface area contributed by atoms with Gasteiger partial charge in [-0.05, 0) is 55.0 Å². The van der Waals surface area contributed by atoms with Crippen molar-refractivity contribution in [2.24, 2.45) is 0 Å². The summed E-state index contributed by atoms with van der Waals surface area (Å²) in [6, 6.07) is 14.6. The minimum Gasteiger partial charge on any atom is -0.494 e. The molecular weight excluding hydrogens is 368 g/mol. The number of nitrogens with zero attached hydrogens (tertiary/aromatic N) is 3. The molecular formula is C22H18N4O3. The largest absolute Gasteiger partial charge is 0.494 e. The lowest BCUT2D eigenvalue weighted by molar-refractivity contribution is 0.0988. The lowest BCUT2D eigenvalue weighted by Crippen LogP contribution is -2.29. The Morgan fingerprint density at radius 3 is 2.72 bits per heavy atom. The van der Waals surface area contributed by atoms with Crippen LogP contribution in [0.25, 0.3) is 11.5 Å². The van der Waals surface area contributed by atoms with Crippen LogP contribution in [0, 0.1) is 0 Å². The predicted octanol–water partition coefficient (Wildman–Crippen LogP) is 4.21. The normalized spacial score (nSPS) is 15.6. The number of aromatic nitrogens is 3. The SMILES string of the molecule is CCOc1ccc(N2C(=O)c3n[nH]c(-c4ccco4)c3[C@H]2c2cccnc2)cc1. The van der Waals surface area contributed by atoms with Gasteiger partial charge in [-0.2, -0.15) is 5.10 Å². The second kappa shape index (κ2) is 6.94. The average Bonchev–Trinajstić information content (AvgIpc) is 3.47. The number of pyridine rings is 1. The fraction of sp³-hybridized carbons (Fsp3) is 0.136. The van der Waals surface area contributed by atoms with Crippen LogP contribution in [0.3, 0.4) is 0 Å². The van der Waals surface area contributed by atoms with E-state index in [1.807, 2.05) is 55.5 Å². The maximum absolute atomic E-state index is 13.3. The van der Waals surface area contributed by atoms with E-state index in [1.54, 1.807) is 23.6 Å². The van der Waals surface area contributed by atoms with Crippen LogP contribution in [0.1, 0.15) is 34.6 Å². The van der Waals surface area contributed by atoms with Crippen LogP contribution in [-0.4, -0.2) is 27.7 Å². The monoisotopic (exact) mass is 386 g/mol. The Morgan fingerprint density at radius 2 is 2.03 bits per heavy atom. The number of nitrogens with one attached hydrogen (secondary N) is 1. The summed E-state index contributed by atoms with van der Waals surface area (Å²) in [5, 5.41) is 7.29. The van der Waals surface area contributed by atoms with Crippen LogP contribution in [0.5, 0.6) is 5.75 Å². The summed E-state index contributed by atoms with van der Waals surface area (Å²) < 4.78 is 11.1. The highest BCUT2D eigenvalue weighted by molar-refractivity contribution is 6.11. The van der Waals surface area contributed by atoms with Crippen LogP contribution in [-0.2, 0) is 0 Å². The van der Waals surface area contributed by atoms with Crippen molar-refractivity contribution >= 4 is 11.6 Å². The number of benzene rings is 1. The second-order valence-electron chi connectivity index (χ2n) is 6.63. The van der Waals surface area contributed by atoms with Crippen LogP contribution in [0.15, 0.2) is 71.6 Å².